The van der Waals surface area contributed by atoms with Gasteiger partial charge < -0.3 is 20.4 Å². The summed E-state index contributed by atoms with van der Waals surface area (Å²) < 4.78 is 2.12. The van der Waals surface area contributed by atoms with Crippen molar-refractivity contribution in [3.8, 4) is 0 Å². The van der Waals surface area contributed by atoms with Crippen molar-refractivity contribution in [3.05, 3.63) is 33.7 Å². The fraction of sp³-hybridized carbons (Fsp3) is 0.571. The van der Waals surface area contributed by atoms with Crippen molar-refractivity contribution in [2.24, 2.45) is 11.8 Å². The zero-order valence-corrected chi connectivity index (χ0v) is 19.2. The van der Waals surface area contributed by atoms with E-state index in [1.165, 1.54) is 15.5 Å². The van der Waals surface area contributed by atoms with E-state index in [4.69, 9.17) is 0 Å². The Balaban J connectivity index is 1.30. The number of aliphatic carboxylic acids is 1. The number of thioether (sulfide) groups is 1. The van der Waals surface area contributed by atoms with Crippen LogP contribution in [0.1, 0.15) is 30.8 Å². The van der Waals surface area contributed by atoms with Crippen LogP contribution in [0.3, 0.4) is 0 Å². The number of fused-ring (bicyclic) bond motifs is 2. The highest BCUT2D eigenvalue weighted by molar-refractivity contribution is 8.03. The highest BCUT2D eigenvalue weighted by Crippen LogP contribution is 2.51. The van der Waals surface area contributed by atoms with E-state index < -0.39 is 18.0 Å². The van der Waals surface area contributed by atoms with Gasteiger partial charge in [-0.3, -0.25) is 9.20 Å². The number of imidazole rings is 1. The Hall–Kier alpha value is -1.88. The molecule has 6 atom stereocenters. The number of carboxylic acid groups (broad SMARTS) is 1. The molecule has 2 saturated heterocycles. The second-order valence-electron chi connectivity index (χ2n) is 8.77. The van der Waals surface area contributed by atoms with Crippen molar-refractivity contribution < 1.29 is 19.8 Å². The average Bonchev–Trinajstić information content (AvgIpc) is 3.44. The highest BCUT2D eigenvalue weighted by Gasteiger charge is 2.60. The molecule has 3 N–H and O–H groups in total. The number of carboxylic acids is 1. The van der Waals surface area contributed by atoms with Crippen LogP contribution >= 0.6 is 23.1 Å². The number of aliphatic hydroxyl groups excluding tert-OH is 1. The van der Waals surface area contributed by atoms with Crippen LogP contribution in [0.5, 0.6) is 0 Å². The van der Waals surface area contributed by atoms with Crippen LogP contribution in [0.25, 0.3) is 4.83 Å². The molecule has 166 valence electrons. The number of amides is 1. The van der Waals surface area contributed by atoms with Gasteiger partial charge in [-0.05, 0) is 26.7 Å². The van der Waals surface area contributed by atoms with Crippen molar-refractivity contribution in [1.82, 2.24) is 19.6 Å². The van der Waals surface area contributed by atoms with Gasteiger partial charge in [0.15, 0.2) is 0 Å². The lowest BCUT2D eigenvalue weighted by molar-refractivity contribution is -0.163. The van der Waals surface area contributed by atoms with E-state index in [9.17, 15) is 19.8 Å². The highest BCUT2D eigenvalue weighted by atomic mass is 32.2. The van der Waals surface area contributed by atoms with Gasteiger partial charge in [0.1, 0.15) is 16.9 Å². The Kier molecular flexibility index (Phi) is 5.16. The van der Waals surface area contributed by atoms with Gasteiger partial charge in [0.05, 0.1) is 24.3 Å². The SMILES string of the molecule is Cc1c(C[C@@H]2C[C@H](SC3=C(C(=O)O)N4C(=O)[C@H]([C@@H](C)O)[C@H]4[C@H]3C)CN2)sc2cncn12. The molecule has 0 spiro atoms. The van der Waals surface area contributed by atoms with E-state index in [0.717, 1.165) is 29.1 Å². The smallest absolute Gasteiger partial charge is 0.353 e. The van der Waals surface area contributed by atoms with E-state index in [-0.39, 0.29) is 28.8 Å². The van der Waals surface area contributed by atoms with Gasteiger partial charge in [0, 0.05) is 39.2 Å². The van der Waals surface area contributed by atoms with Crippen molar-refractivity contribution in [2.45, 2.75) is 57.1 Å². The number of rotatable bonds is 6. The Bertz CT molecular complexity index is 1090. The lowest BCUT2D eigenvalue weighted by Gasteiger charge is -2.46. The molecule has 3 aliphatic heterocycles. The second kappa shape index (κ2) is 7.61. The van der Waals surface area contributed by atoms with Gasteiger partial charge in [-0.25, -0.2) is 9.78 Å². The molecule has 10 heteroatoms. The van der Waals surface area contributed by atoms with E-state index in [2.05, 4.69) is 21.6 Å². The summed E-state index contributed by atoms with van der Waals surface area (Å²) in [6.45, 7) is 6.50. The summed E-state index contributed by atoms with van der Waals surface area (Å²) in [4.78, 5) is 33.4. The summed E-state index contributed by atoms with van der Waals surface area (Å²) >= 11 is 3.36. The zero-order valence-electron chi connectivity index (χ0n) is 17.6. The van der Waals surface area contributed by atoms with E-state index in [0.29, 0.717) is 6.04 Å². The number of carbonyl (C=O) groups excluding carboxylic acids is 1. The predicted molar refractivity (Wildman–Crippen MR) is 119 cm³/mol. The molecule has 2 aromatic rings. The van der Waals surface area contributed by atoms with Crippen molar-refractivity contribution >= 4 is 39.8 Å². The minimum Gasteiger partial charge on any atom is -0.477 e. The molecule has 0 bridgehead atoms. The third-order valence-corrected chi connectivity index (χ3v) is 9.55. The van der Waals surface area contributed by atoms with Crippen molar-refractivity contribution in [3.63, 3.8) is 0 Å². The molecule has 0 aliphatic carbocycles. The fourth-order valence-electron chi connectivity index (χ4n) is 5.24. The number of aliphatic hydroxyl groups is 1. The largest absolute Gasteiger partial charge is 0.477 e. The average molecular weight is 463 g/mol. The molecule has 0 aromatic carbocycles. The summed E-state index contributed by atoms with van der Waals surface area (Å²) in [6, 6.07) is 0.0827. The summed E-state index contributed by atoms with van der Waals surface area (Å²) in [5.74, 6) is -1.93. The Morgan fingerprint density at radius 1 is 1.48 bits per heavy atom. The van der Waals surface area contributed by atoms with Crippen LogP contribution in [0.4, 0.5) is 0 Å². The third kappa shape index (κ3) is 3.23. The molecular weight excluding hydrogens is 436 g/mol. The second-order valence-corrected chi connectivity index (χ2v) is 11.2. The molecule has 8 nitrogen and oxygen atoms in total. The molecule has 31 heavy (non-hydrogen) atoms. The number of β-lactam (4-membered cyclic amide) rings is 1. The fourth-order valence-corrected chi connectivity index (χ4v) is 7.94. The lowest BCUT2D eigenvalue weighted by Crippen LogP contribution is -2.63. The molecule has 5 heterocycles. The number of hydrogen-bond acceptors (Lipinski definition) is 7. The monoisotopic (exact) mass is 462 g/mol. The number of carbonyl (C=O) groups is 2. The van der Waals surface area contributed by atoms with E-state index in [1.54, 1.807) is 30.0 Å². The van der Waals surface area contributed by atoms with Crippen LogP contribution < -0.4 is 5.32 Å². The van der Waals surface area contributed by atoms with Crippen LogP contribution in [0.2, 0.25) is 0 Å². The van der Waals surface area contributed by atoms with Crippen LogP contribution in [0, 0.1) is 18.8 Å². The minimum absolute atomic E-state index is 0.0822. The standard InChI is InChI=1S/C21H26N4O4S2/c1-9-17-16(11(3)26)20(27)25(17)18(21(28)29)19(9)30-13-4-12(23-6-13)5-14-10(2)24-8-22-7-15(24)31-14/h7-9,11-13,16-17,23,26H,4-6H2,1-3H3,(H,28,29)/t9-,11-,12+,13+,16-,17-/m1/s1. The summed E-state index contributed by atoms with van der Waals surface area (Å²) in [6.07, 6.45) is 4.83. The van der Waals surface area contributed by atoms with Crippen LogP contribution in [-0.2, 0) is 16.0 Å². The molecule has 2 fully saturated rings. The van der Waals surface area contributed by atoms with E-state index in [1.807, 2.05) is 19.4 Å². The summed E-state index contributed by atoms with van der Waals surface area (Å²) in [5, 5.41) is 23.7. The normalized spacial score (nSPS) is 31.4. The van der Waals surface area contributed by atoms with Crippen LogP contribution in [0.15, 0.2) is 23.1 Å². The lowest BCUT2D eigenvalue weighted by atomic mass is 9.79. The minimum atomic E-state index is -1.06. The molecule has 3 aliphatic rings. The first-order valence-corrected chi connectivity index (χ1v) is 12.3. The van der Waals surface area contributed by atoms with Gasteiger partial charge in [0.2, 0.25) is 5.91 Å². The maximum absolute atomic E-state index is 12.5. The molecule has 0 radical (unpaired) electrons. The zero-order chi connectivity index (χ0) is 22.0. The van der Waals surface area contributed by atoms with Gasteiger partial charge in [0.25, 0.3) is 0 Å². The maximum Gasteiger partial charge on any atom is 0.353 e. The Morgan fingerprint density at radius 3 is 2.94 bits per heavy atom. The van der Waals surface area contributed by atoms with Gasteiger partial charge >= 0.3 is 5.97 Å². The molecular formula is C21H26N4O4S2. The van der Waals surface area contributed by atoms with Gasteiger partial charge in [-0.1, -0.05) is 6.92 Å². The topological polar surface area (TPSA) is 107 Å². The summed E-state index contributed by atoms with van der Waals surface area (Å²) in [5.41, 5.74) is 1.34. The van der Waals surface area contributed by atoms with Gasteiger partial charge in [-0.15, -0.1) is 23.1 Å². The predicted octanol–water partition coefficient (Wildman–Crippen LogP) is 1.86. The first kappa shape index (κ1) is 21.0. The molecule has 2 aromatic heterocycles. The molecule has 0 saturated carbocycles. The van der Waals surface area contributed by atoms with Crippen molar-refractivity contribution in [1.29, 1.82) is 0 Å². The number of aromatic nitrogens is 2. The Labute approximate surface area is 188 Å². The Morgan fingerprint density at radius 2 is 2.26 bits per heavy atom. The van der Waals surface area contributed by atoms with E-state index >= 15 is 0 Å². The first-order chi connectivity index (χ1) is 14.8. The molecule has 0 unspecified atom stereocenters. The van der Waals surface area contributed by atoms with Gasteiger partial charge in [-0.2, -0.15) is 0 Å². The first-order valence-electron chi connectivity index (χ1n) is 10.6. The summed E-state index contributed by atoms with van der Waals surface area (Å²) in [7, 11) is 0. The molecule has 5 rings (SSSR count). The number of hydrogen-bond donors (Lipinski definition) is 3. The quantitative estimate of drug-likeness (QED) is 0.563. The number of aryl methyl sites for hydroxylation is 1. The number of nitrogens with one attached hydrogen (secondary N) is 1. The number of thiazole rings is 1. The molecule has 1 amide bonds. The van der Waals surface area contributed by atoms with Crippen LogP contribution in [-0.4, -0.2) is 66.4 Å². The van der Waals surface area contributed by atoms with Crippen molar-refractivity contribution in [2.75, 3.05) is 6.54 Å². The third-order valence-electron chi connectivity index (χ3n) is 6.82. The number of nitrogens with zero attached hydrogens (tertiary/aromatic N) is 3. The maximum atomic E-state index is 12.5.